The Morgan fingerprint density at radius 3 is 2.33 bits per heavy atom. The third-order valence-electron chi connectivity index (χ3n) is 7.88. The van der Waals surface area contributed by atoms with Crippen molar-refractivity contribution in [2.75, 3.05) is 6.61 Å². The molecular formula is C36H33N3O7S2. The number of ether oxygens (including phenoxy) is 1. The van der Waals surface area contributed by atoms with Gasteiger partial charge >= 0.3 is 0 Å². The van der Waals surface area contributed by atoms with E-state index in [1.807, 2.05) is 83.7 Å². The number of aryl methyl sites for hydroxylation is 1. The van der Waals surface area contributed by atoms with Crippen LogP contribution in [0.15, 0.2) is 125 Å². The lowest BCUT2D eigenvalue weighted by molar-refractivity contribution is -0.432. The van der Waals surface area contributed by atoms with E-state index in [2.05, 4.69) is 37.9 Å². The molecule has 0 radical (unpaired) electrons. The number of rotatable bonds is 15. The van der Waals surface area contributed by atoms with Gasteiger partial charge in [-0.25, -0.2) is 5.26 Å². The highest BCUT2D eigenvalue weighted by Gasteiger charge is 2.16. The molecule has 0 saturated heterocycles. The summed E-state index contributed by atoms with van der Waals surface area (Å²) in [6, 6.07) is 34.4. The standard InChI is InChI=1S/C36H33N3O7S2/c40-45-46-47-36-24-31(48(41,42)43)22-29-18-17-28(23-33(29)36)27-13-10-14-30(21-27)34-25-39(38-37-34)19-8-1-2-9-20-44-35-16-7-6-15-32(35)26-11-4-3-5-12-26/h3-7,10-18,21-25,40H,1-2,8-9,19-20H2,(H,41,42,43). The minimum Gasteiger partial charge on any atom is -0.493 e. The molecule has 0 unspecified atom stereocenters. The largest absolute Gasteiger partial charge is 0.493 e. The summed E-state index contributed by atoms with van der Waals surface area (Å²) in [5.41, 5.74) is 5.68. The maximum Gasteiger partial charge on any atom is 0.294 e. The second kappa shape index (κ2) is 15.6. The van der Waals surface area contributed by atoms with Crippen LogP contribution in [0.1, 0.15) is 25.7 Å². The normalized spacial score (nSPS) is 11.6. The Bertz CT molecular complexity index is 2100. The van der Waals surface area contributed by atoms with Gasteiger partial charge in [-0.15, -0.1) is 9.43 Å². The lowest BCUT2D eigenvalue weighted by Gasteiger charge is -2.11. The van der Waals surface area contributed by atoms with Gasteiger partial charge in [0, 0.05) is 22.6 Å². The molecule has 246 valence electrons. The first-order chi connectivity index (χ1) is 23.4. The Morgan fingerprint density at radius 1 is 0.750 bits per heavy atom. The molecule has 0 aliphatic carbocycles. The fourth-order valence-corrected chi connectivity index (χ4v) is 6.67. The van der Waals surface area contributed by atoms with Crippen molar-refractivity contribution in [2.45, 2.75) is 42.0 Å². The predicted molar refractivity (Wildman–Crippen MR) is 185 cm³/mol. The van der Waals surface area contributed by atoms with Crippen molar-refractivity contribution in [2.24, 2.45) is 0 Å². The highest BCUT2D eigenvalue weighted by molar-refractivity contribution is 7.94. The maximum absolute atomic E-state index is 11.8. The quantitative estimate of drug-likeness (QED) is 0.0356. The summed E-state index contributed by atoms with van der Waals surface area (Å²) in [7, 11) is -4.46. The third-order valence-corrected chi connectivity index (χ3v) is 9.36. The van der Waals surface area contributed by atoms with Crippen LogP contribution >= 0.6 is 12.0 Å². The average molecular weight is 684 g/mol. The first kappa shape index (κ1) is 33.3. The maximum atomic E-state index is 11.8. The predicted octanol–water partition coefficient (Wildman–Crippen LogP) is 8.75. The summed E-state index contributed by atoms with van der Waals surface area (Å²) in [6.45, 7) is 1.43. The molecule has 0 aliphatic heterocycles. The first-order valence-electron chi connectivity index (χ1n) is 15.4. The van der Waals surface area contributed by atoms with Gasteiger partial charge in [-0.05, 0) is 77.1 Å². The number of aromatic nitrogens is 3. The second-order valence-corrected chi connectivity index (χ2v) is 13.3. The van der Waals surface area contributed by atoms with Crippen molar-refractivity contribution in [3.05, 3.63) is 115 Å². The molecule has 1 heterocycles. The number of unbranched alkanes of at least 4 members (excludes halogenated alkanes) is 3. The smallest absolute Gasteiger partial charge is 0.294 e. The molecule has 0 saturated carbocycles. The van der Waals surface area contributed by atoms with Gasteiger partial charge in [-0.3, -0.25) is 9.23 Å². The monoisotopic (exact) mass is 683 g/mol. The molecule has 0 spiro atoms. The number of hydrogen-bond acceptors (Lipinski definition) is 9. The molecule has 0 bridgehead atoms. The van der Waals surface area contributed by atoms with Crippen LogP contribution in [0.2, 0.25) is 0 Å². The number of nitrogens with zero attached hydrogens (tertiary/aromatic N) is 3. The summed E-state index contributed by atoms with van der Waals surface area (Å²) < 4.78 is 45.7. The average Bonchev–Trinajstić information content (AvgIpc) is 3.59. The van der Waals surface area contributed by atoms with E-state index < -0.39 is 10.1 Å². The van der Waals surface area contributed by atoms with Gasteiger partial charge in [0.15, 0.2) is 0 Å². The van der Waals surface area contributed by atoms with Crippen LogP contribution in [0.3, 0.4) is 0 Å². The molecule has 0 atom stereocenters. The Kier molecular flexibility index (Phi) is 10.8. The van der Waals surface area contributed by atoms with Crippen LogP contribution in [-0.2, 0) is 26.0 Å². The number of para-hydroxylation sites is 1. The first-order valence-corrected chi connectivity index (χ1v) is 17.6. The van der Waals surface area contributed by atoms with E-state index >= 15 is 0 Å². The molecule has 0 amide bonds. The van der Waals surface area contributed by atoms with Gasteiger partial charge in [0.2, 0.25) is 0 Å². The molecule has 48 heavy (non-hydrogen) atoms. The van der Waals surface area contributed by atoms with Crippen molar-refractivity contribution < 1.29 is 32.3 Å². The highest BCUT2D eigenvalue weighted by atomic mass is 32.2. The highest BCUT2D eigenvalue weighted by Crippen LogP contribution is 2.35. The molecule has 6 rings (SSSR count). The molecule has 0 fully saturated rings. The van der Waals surface area contributed by atoms with E-state index in [0.29, 0.717) is 34.3 Å². The fraction of sp³-hybridized carbons (Fsp3) is 0.167. The van der Waals surface area contributed by atoms with Crippen molar-refractivity contribution in [1.82, 2.24) is 15.0 Å². The Hall–Kier alpha value is -4.56. The van der Waals surface area contributed by atoms with Gasteiger partial charge in [-0.1, -0.05) is 95.5 Å². The summed E-state index contributed by atoms with van der Waals surface area (Å²) in [6.07, 6.45) is 6.00. The van der Waals surface area contributed by atoms with Crippen LogP contribution in [-0.4, -0.2) is 39.8 Å². The van der Waals surface area contributed by atoms with Gasteiger partial charge in [-0.2, -0.15) is 8.42 Å². The molecule has 6 aromatic rings. The van der Waals surface area contributed by atoms with Crippen LogP contribution in [0.4, 0.5) is 0 Å². The topological polar surface area (TPSA) is 133 Å². The van der Waals surface area contributed by atoms with Crippen LogP contribution in [0.5, 0.6) is 5.75 Å². The Labute approximate surface area is 282 Å². The lowest BCUT2D eigenvalue weighted by Crippen LogP contribution is -2.01. The summed E-state index contributed by atoms with van der Waals surface area (Å²) in [5.74, 6) is 0.907. The molecule has 0 aliphatic rings. The lowest BCUT2D eigenvalue weighted by atomic mass is 9.99. The van der Waals surface area contributed by atoms with Gasteiger partial charge in [0.05, 0.1) is 29.7 Å². The minimum atomic E-state index is -4.46. The van der Waals surface area contributed by atoms with Crippen LogP contribution < -0.4 is 4.74 Å². The number of hydrogen-bond donors (Lipinski definition) is 2. The summed E-state index contributed by atoms with van der Waals surface area (Å²) >= 11 is 0.622. The second-order valence-electron chi connectivity index (χ2n) is 11.1. The molecule has 5 aromatic carbocycles. The van der Waals surface area contributed by atoms with Crippen molar-refractivity contribution >= 4 is 32.9 Å². The van der Waals surface area contributed by atoms with Gasteiger partial charge < -0.3 is 4.74 Å². The molecule has 12 heteroatoms. The van der Waals surface area contributed by atoms with Crippen molar-refractivity contribution in [3.63, 3.8) is 0 Å². The number of fused-ring (bicyclic) bond motifs is 1. The molecule has 10 nitrogen and oxygen atoms in total. The van der Waals surface area contributed by atoms with E-state index in [9.17, 15) is 13.0 Å². The van der Waals surface area contributed by atoms with Gasteiger partial charge in [0.1, 0.15) is 11.4 Å². The SMILES string of the molecule is O=S(=O)(O)c1cc(SOOO)c2cc(-c3cccc(-c4cn(CCCCCCOc5ccccc5-c5ccccc5)nn4)c3)ccc2c1. The zero-order chi connectivity index (χ0) is 33.3. The fourth-order valence-electron chi connectivity index (χ4n) is 5.51. The number of benzene rings is 5. The van der Waals surface area contributed by atoms with Crippen molar-refractivity contribution in [1.29, 1.82) is 0 Å². The van der Waals surface area contributed by atoms with E-state index in [-0.39, 0.29) is 4.90 Å². The molecule has 2 N–H and O–H groups in total. The summed E-state index contributed by atoms with van der Waals surface area (Å²) in [4.78, 5) is 0.0302. The Morgan fingerprint density at radius 2 is 1.50 bits per heavy atom. The van der Waals surface area contributed by atoms with E-state index in [1.165, 1.54) is 12.1 Å². The summed E-state index contributed by atoms with van der Waals surface area (Å²) in [5, 5.41) is 22.3. The van der Waals surface area contributed by atoms with E-state index in [1.54, 1.807) is 6.07 Å². The Balaban J connectivity index is 1.04. The molecular weight excluding hydrogens is 651 g/mol. The zero-order valence-electron chi connectivity index (χ0n) is 25.8. The van der Waals surface area contributed by atoms with Gasteiger partial charge in [0.25, 0.3) is 10.1 Å². The van der Waals surface area contributed by atoms with Crippen molar-refractivity contribution in [3.8, 4) is 39.3 Å². The molecule has 1 aromatic heterocycles. The van der Waals surface area contributed by atoms with Crippen LogP contribution in [0.25, 0.3) is 44.3 Å². The van der Waals surface area contributed by atoms with E-state index in [4.69, 9.17) is 9.99 Å². The minimum absolute atomic E-state index is 0.299. The zero-order valence-corrected chi connectivity index (χ0v) is 27.4. The van der Waals surface area contributed by atoms with Crippen LogP contribution in [0, 0.1) is 0 Å². The third kappa shape index (κ3) is 8.29. The van der Waals surface area contributed by atoms with E-state index in [0.717, 1.165) is 71.5 Å².